The topological polar surface area (TPSA) is 82.4 Å². The molecule has 0 spiro atoms. The number of alkyl halides is 14. The van der Waals surface area contributed by atoms with Crippen LogP contribution in [0.15, 0.2) is 0 Å². The number of nitrogens with zero attached hydrogens (tertiary/aromatic N) is 1. The third kappa shape index (κ3) is 4.47. The first kappa shape index (κ1) is 30.1. The summed E-state index contributed by atoms with van der Waals surface area (Å²) < 4.78 is 215. The molecule has 5 nitrogen and oxygen atoms in total. The summed E-state index contributed by atoms with van der Waals surface area (Å²) in [6.45, 7) is 0. The summed E-state index contributed by atoms with van der Waals surface area (Å²) in [5.74, 6) is -15.4. The Labute approximate surface area is 166 Å². The van der Waals surface area contributed by atoms with Gasteiger partial charge in [0, 0.05) is 0 Å². The van der Waals surface area contributed by atoms with Crippen LogP contribution in [0.4, 0.5) is 61.5 Å². The van der Waals surface area contributed by atoms with Crippen molar-refractivity contribution in [3.05, 3.63) is 4.13 Å². The van der Waals surface area contributed by atoms with Gasteiger partial charge in [0.2, 0.25) is 0 Å². The Morgan fingerprint density at radius 3 is 0.786 bits per heavy atom. The molecule has 0 aliphatic rings. The van der Waals surface area contributed by atoms with Crippen molar-refractivity contribution in [1.82, 2.24) is 0 Å². The number of hydrogen-bond donors (Lipinski definition) is 0. The van der Waals surface area contributed by atoms with Gasteiger partial charge in [-0.2, -0.15) is 61.5 Å². The minimum atomic E-state index is -8.29. The number of rotatable bonds is 6. The van der Waals surface area contributed by atoms with E-state index in [1.807, 2.05) is 0 Å². The van der Waals surface area contributed by atoms with Crippen LogP contribution >= 0.6 is 0 Å². The summed E-state index contributed by atoms with van der Waals surface area (Å²) >= 11 is 0. The summed E-state index contributed by atoms with van der Waals surface area (Å²) in [7, 11) is -16.6. The second-order valence-electron chi connectivity index (χ2n) is 4.20. The summed E-state index contributed by atoms with van der Waals surface area (Å²) in [5, 5.41) is -15.4. The number of sulfonamides is 2. The van der Waals surface area contributed by atoms with Gasteiger partial charge < -0.3 is 4.13 Å². The van der Waals surface area contributed by atoms with Crippen LogP contribution in [0.25, 0.3) is 4.13 Å². The van der Waals surface area contributed by atoms with E-state index in [1.165, 1.54) is 0 Å². The van der Waals surface area contributed by atoms with E-state index in [9.17, 15) is 78.3 Å². The van der Waals surface area contributed by atoms with E-state index in [4.69, 9.17) is 0 Å². The van der Waals surface area contributed by atoms with Crippen molar-refractivity contribution in [2.75, 3.05) is 0 Å². The Morgan fingerprint density at radius 1 is 0.464 bits per heavy atom. The Balaban J connectivity index is 0. The number of halogens is 14. The third-order valence-electron chi connectivity index (χ3n) is 2.29. The molecule has 0 aromatic carbocycles. The summed E-state index contributed by atoms with van der Waals surface area (Å²) in [6.07, 6.45) is -14.9. The molecule has 164 valence electrons. The van der Waals surface area contributed by atoms with Gasteiger partial charge >= 0.3 is 64.3 Å². The molecule has 0 radical (unpaired) electrons. The molecule has 0 rings (SSSR count). The monoisotopic (exact) mass is 503 g/mol. The summed E-state index contributed by atoms with van der Waals surface area (Å²) in [4.78, 5) is 0. The zero-order valence-corrected chi connectivity index (χ0v) is 15.8. The molecule has 0 fully saturated rings. The second kappa shape index (κ2) is 7.54. The minimum Gasteiger partial charge on any atom is -0.425 e. The molecule has 0 aromatic rings. The fraction of sp³-hybridized carbons (Fsp3) is 1.00. The Kier molecular flexibility index (Phi) is 8.09. The van der Waals surface area contributed by atoms with Gasteiger partial charge in [0.25, 0.3) is 0 Å². The second-order valence-corrected chi connectivity index (χ2v) is 7.72. The van der Waals surface area contributed by atoms with Crippen LogP contribution in [0.1, 0.15) is 0 Å². The van der Waals surface area contributed by atoms with Crippen molar-refractivity contribution >= 4 is 20.0 Å². The van der Waals surface area contributed by atoms with E-state index >= 15 is 0 Å². The first-order chi connectivity index (χ1) is 11.2. The standard InChI is InChI=1S/C6F14NO4S2.Na/c7-1(8,3(11,12)13)5(17,18)26(22,23)21-27(24,25)6(19,20)2(9,10)4(14,15)16;/q-1;+1. The van der Waals surface area contributed by atoms with Crippen LogP contribution in [-0.4, -0.2) is 51.5 Å². The van der Waals surface area contributed by atoms with Gasteiger partial charge in [-0.25, -0.2) is 16.8 Å². The van der Waals surface area contributed by atoms with Crippen molar-refractivity contribution in [2.45, 2.75) is 34.7 Å². The summed E-state index contributed by atoms with van der Waals surface area (Å²) in [6, 6.07) is 0. The molecule has 22 heteroatoms. The van der Waals surface area contributed by atoms with E-state index in [2.05, 4.69) is 0 Å². The molecule has 0 saturated carbocycles. The molecular formula is C6F14NNaO4S2. The van der Waals surface area contributed by atoms with Crippen molar-refractivity contribution in [2.24, 2.45) is 0 Å². The van der Waals surface area contributed by atoms with Gasteiger partial charge in [-0.05, 0) is 0 Å². The normalized spacial score (nSPS) is 15.9. The van der Waals surface area contributed by atoms with E-state index in [0.29, 0.717) is 0 Å². The van der Waals surface area contributed by atoms with Crippen LogP contribution in [0.3, 0.4) is 0 Å². The summed E-state index contributed by atoms with van der Waals surface area (Å²) in [5.41, 5.74) is 0. The van der Waals surface area contributed by atoms with Crippen LogP contribution < -0.4 is 29.6 Å². The maximum atomic E-state index is 12.9. The Hall–Kier alpha value is -0.120. The Morgan fingerprint density at radius 2 is 0.643 bits per heavy atom. The van der Waals surface area contributed by atoms with E-state index in [1.54, 1.807) is 0 Å². The van der Waals surface area contributed by atoms with E-state index in [0.717, 1.165) is 0 Å². The molecule has 0 unspecified atom stereocenters. The first-order valence-corrected chi connectivity index (χ1v) is 7.97. The number of hydrogen-bond acceptors (Lipinski definition) is 4. The SMILES string of the molecule is O=S(=O)([N-]S(=O)(=O)C(F)(F)C(F)(F)C(F)(F)F)C(F)(F)C(F)(F)C(F)(F)F.[Na+]. The molecule has 0 bridgehead atoms. The van der Waals surface area contributed by atoms with Gasteiger partial charge in [-0.3, -0.25) is 0 Å². The maximum Gasteiger partial charge on any atom is 1.00 e. The predicted octanol–water partition coefficient (Wildman–Crippen LogP) is 0.604. The van der Waals surface area contributed by atoms with Crippen molar-refractivity contribution in [3.63, 3.8) is 0 Å². The molecule has 0 amide bonds. The van der Waals surface area contributed by atoms with E-state index in [-0.39, 0.29) is 33.7 Å². The van der Waals surface area contributed by atoms with Gasteiger partial charge in [-0.1, -0.05) is 0 Å². The molecular weight excluding hydrogens is 503 g/mol. The molecule has 0 aliphatic carbocycles. The maximum absolute atomic E-state index is 12.9. The van der Waals surface area contributed by atoms with Crippen molar-refractivity contribution in [1.29, 1.82) is 0 Å². The predicted molar refractivity (Wildman–Crippen MR) is 53.1 cm³/mol. The molecule has 0 atom stereocenters. The molecule has 0 heterocycles. The quantitative estimate of drug-likeness (QED) is 0.393. The fourth-order valence-corrected chi connectivity index (χ4v) is 3.54. The van der Waals surface area contributed by atoms with Gasteiger partial charge in [0.05, 0.1) is 0 Å². The van der Waals surface area contributed by atoms with Gasteiger partial charge in [0.15, 0.2) is 20.0 Å². The molecule has 0 N–H and O–H groups in total. The zero-order valence-electron chi connectivity index (χ0n) is 12.2. The average Bonchev–Trinajstić information content (AvgIpc) is 2.33. The first-order valence-electron chi connectivity index (χ1n) is 5.09. The van der Waals surface area contributed by atoms with Gasteiger partial charge in [0.1, 0.15) is 0 Å². The van der Waals surface area contributed by atoms with Gasteiger partial charge in [-0.15, -0.1) is 0 Å². The van der Waals surface area contributed by atoms with Crippen molar-refractivity contribution in [3.8, 4) is 0 Å². The van der Waals surface area contributed by atoms with Crippen LogP contribution in [-0.2, 0) is 20.0 Å². The fourth-order valence-electron chi connectivity index (χ4n) is 0.877. The van der Waals surface area contributed by atoms with Crippen LogP contribution in [0.2, 0.25) is 0 Å². The Bertz CT molecular complexity index is 716. The molecule has 0 aromatic heterocycles. The minimum absolute atomic E-state index is 0. The van der Waals surface area contributed by atoms with E-state index < -0.39 is 54.8 Å². The smallest absolute Gasteiger partial charge is 0.425 e. The largest absolute Gasteiger partial charge is 1.00 e. The van der Waals surface area contributed by atoms with Crippen LogP contribution in [0.5, 0.6) is 0 Å². The van der Waals surface area contributed by atoms with Crippen molar-refractivity contribution < 1.29 is 108 Å². The molecule has 0 aliphatic heterocycles. The van der Waals surface area contributed by atoms with Crippen LogP contribution in [0, 0.1) is 0 Å². The zero-order chi connectivity index (χ0) is 22.7. The third-order valence-corrected chi connectivity index (χ3v) is 5.67. The molecule has 0 saturated heterocycles. The average molecular weight is 503 g/mol. The molecule has 28 heavy (non-hydrogen) atoms.